The number of benzene rings is 2. The number of nitrogens with zero attached hydrogens (tertiary/aromatic N) is 4. The van der Waals surface area contributed by atoms with Crippen molar-refractivity contribution in [3.05, 3.63) is 69.8 Å². The van der Waals surface area contributed by atoms with Crippen molar-refractivity contribution in [1.29, 1.82) is 0 Å². The molecule has 1 aliphatic carbocycles. The summed E-state index contributed by atoms with van der Waals surface area (Å²) in [5, 5.41) is 9.77. The highest BCUT2D eigenvalue weighted by molar-refractivity contribution is 9.10. The number of carbonyl (C=O) groups is 1. The van der Waals surface area contributed by atoms with E-state index in [1.807, 2.05) is 24.3 Å². The zero-order chi connectivity index (χ0) is 30.0. The second kappa shape index (κ2) is 12.5. The van der Waals surface area contributed by atoms with E-state index in [4.69, 9.17) is 4.74 Å². The fourth-order valence-corrected chi connectivity index (χ4v) is 6.52. The van der Waals surface area contributed by atoms with E-state index in [9.17, 15) is 13.2 Å². The molecule has 0 radical (unpaired) electrons. The topological polar surface area (TPSA) is 129 Å². The number of rotatable bonds is 9. The minimum absolute atomic E-state index is 0.132. The number of amides is 1. The average Bonchev–Trinajstić information content (AvgIpc) is 3.32. The summed E-state index contributed by atoms with van der Waals surface area (Å²) < 4.78 is 32.6. The maximum Gasteiger partial charge on any atom is 0.251 e. The Kier molecular flexibility index (Phi) is 9.02. The molecule has 3 aromatic rings. The molecular formula is C29H36BrN7O4S. The number of hydrogen-bond donors (Lipinski definition) is 3. The second-order valence-electron chi connectivity index (χ2n) is 10.9. The zero-order valence-corrected chi connectivity index (χ0v) is 26.5. The lowest BCUT2D eigenvalue weighted by Crippen LogP contribution is -2.43. The van der Waals surface area contributed by atoms with Gasteiger partial charge in [-0.15, -0.1) is 0 Å². The largest absolute Gasteiger partial charge is 0.495 e. The van der Waals surface area contributed by atoms with Crippen LogP contribution in [0.2, 0.25) is 0 Å². The molecule has 13 heteroatoms. The lowest BCUT2D eigenvalue weighted by Gasteiger charge is -2.29. The molecule has 42 heavy (non-hydrogen) atoms. The molecule has 1 saturated heterocycles. The van der Waals surface area contributed by atoms with E-state index < -0.39 is 16.1 Å². The number of piperidine rings is 1. The Hall–Kier alpha value is -3.26. The first-order valence-corrected chi connectivity index (χ1v) is 16.4. The van der Waals surface area contributed by atoms with Gasteiger partial charge in [0.1, 0.15) is 11.6 Å². The van der Waals surface area contributed by atoms with Crippen molar-refractivity contribution in [2.24, 2.45) is 0 Å². The van der Waals surface area contributed by atoms with Gasteiger partial charge in [-0.25, -0.2) is 13.4 Å². The number of anilines is 3. The van der Waals surface area contributed by atoms with Crippen molar-refractivity contribution >= 4 is 49.3 Å². The first kappa shape index (κ1) is 30.2. The van der Waals surface area contributed by atoms with Crippen LogP contribution in [0.1, 0.15) is 40.4 Å². The second-order valence-corrected chi connectivity index (χ2v) is 13.8. The molecule has 0 spiro atoms. The van der Waals surface area contributed by atoms with Gasteiger partial charge >= 0.3 is 0 Å². The van der Waals surface area contributed by atoms with Gasteiger partial charge in [-0.05, 0) is 84.7 Å². The molecule has 2 aliphatic rings. The Balaban J connectivity index is 1.33. The SMILES string of the molecule is COc1cc(C(=O)NC2CCN(C)CC2)ccc1Nc1ncc(Br)c(NC2Cc3ccccc3[C@H]2N(C)S(C)(=O)=O)n1. The number of halogens is 1. The van der Waals surface area contributed by atoms with Gasteiger partial charge in [0.2, 0.25) is 16.0 Å². The summed E-state index contributed by atoms with van der Waals surface area (Å²) >= 11 is 3.53. The van der Waals surface area contributed by atoms with Crippen LogP contribution in [-0.2, 0) is 16.4 Å². The van der Waals surface area contributed by atoms with Crippen molar-refractivity contribution in [3.8, 4) is 5.75 Å². The molecule has 1 fully saturated rings. The first-order chi connectivity index (χ1) is 20.0. The van der Waals surface area contributed by atoms with E-state index >= 15 is 0 Å². The van der Waals surface area contributed by atoms with Crippen LogP contribution >= 0.6 is 15.9 Å². The summed E-state index contributed by atoms with van der Waals surface area (Å²) in [5.41, 5.74) is 3.17. The summed E-state index contributed by atoms with van der Waals surface area (Å²) in [5.74, 6) is 1.18. The molecule has 1 unspecified atom stereocenters. The van der Waals surface area contributed by atoms with Crippen LogP contribution < -0.4 is 20.7 Å². The van der Waals surface area contributed by atoms with Gasteiger partial charge in [-0.1, -0.05) is 24.3 Å². The minimum atomic E-state index is -3.45. The summed E-state index contributed by atoms with van der Waals surface area (Å²) in [4.78, 5) is 24.3. The third-order valence-electron chi connectivity index (χ3n) is 7.94. The van der Waals surface area contributed by atoms with Gasteiger partial charge in [-0.2, -0.15) is 9.29 Å². The van der Waals surface area contributed by atoms with Crippen molar-refractivity contribution in [3.63, 3.8) is 0 Å². The van der Waals surface area contributed by atoms with Crippen molar-refractivity contribution in [2.75, 3.05) is 51.2 Å². The van der Waals surface area contributed by atoms with Crippen LogP contribution in [-0.4, -0.2) is 86.1 Å². The first-order valence-electron chi connectivity index (χ1n) is 13.8. The maximum absolute atomic E-state index is 12.9. The van der Waals surface area contributed by atoms with Crippen LogP contribution in [0.25, 0.3) is 0 Å². The van der Waals surface area contributed by atoms with Crippen LogP contribution in [0, 0.1) is 0 Å². The molecule has 0 bridgehead atoms. The summed E-state index contributed by atoms with van der Waals surface area (Å²) in [6, 6.07) is 12.6. The molecule has 2 atom stereocenters. The Labute approximate surface area is 255 Å². The van der Waals surface area contributed by atoms with Crippen LogP contribution in [0.15, 0.2) is 53.1 Å². The zero-order valence-electron chi connectivity index (χ0n) is 24.1. The Morgan fingerprint density at radius 2 is 1.90 bits per heavy atom. The molecule has 1 aromatic heterocycles. The lowest BCUT2D eigenvalue weighted by atomic mass is 10.0. The summed E-state index contributed by atoms with van der Waals surface area (Å²) in [6.45, 7) is 1.92. The Morgan fingerprint density at radius 1 is 1.17 bits per heavy atom. The smallest absolute Gasteiger partial charge is 0.251 e. The van der Waals surface area contributed by atoms with Gasteiger partial charge in [-0.3, -0.25) is 4.79 Å². The monoisotopic (exact) mass is 657 g/mol. The van der Waals surface area contributed by atoms with Crippen LogP contribution in [0.5, 0.6) is 5.75 Å². The highest BCUT2D eigenvalue weighted by Gasteiger charge is 2.38. The molecule has 0 saturated carbocycles. The van der Waals surface area contributed by atoms with E-state index in [0.29, 0.717) is 39.7 Å². The predicted octanol–water partition coefficient (Wildman–Crippen LogP) is 3.78. The van der Waals surface area contributed by atoms with Crippen molar-refractivity contribution in [2.45, 2.75) is 37.4 Å². The molecule has 5 rings (SSSR count). The maximum atomic E-state index is 12.9. The molecule has 2 aromatic carbocycles. The number of ether oxygens (including phenoxy) is 1. The average molecular weight is 659 g/mol. The highest BCUT2D eigenvalue weighted by Crippen LogP contribution is 2.39. The van der Waals surface area contributed by atoms with Gasteiger partial charge in [0, 0.05) is 24.8 Å². The van der Waals surface area contributed by atoms with Gasteiger partial charge in [0.25, 0.3) is 5.91 Å². The number of methoxy groups -OCH3 is 1. The summed E-state index contributed by atoms with van der Waals surface area (Å²) in [7, 11) is 1.79. The number of carbonyl (C=O) groups excluding carboxylic acids is 1. The van der Waals surface area contributed by atoms with Crippen LogP contribution in [0.3, 0.4) is 0 Å². The normalized spacial score (nSPS) is 19.4. The fourth-order valence-electron chi connectivity index (χ4n) is 5.54. The Morgan fingerprint density at radius 3 is 2.62 bits per heavy atom. The highest BCUT2D eigenvalue weighted by atomic mass is 79.9. The van der Waals surface area contributed by atoms with Crippen molar-refractivity contribution in [1.82, 2.24) is 24.5 Å². The molecule has 2 heterocycles. The van der Waals surface area contributed by atoms with E-state index in [0.717, 1.165) is 37.1 Å². The number of sulfonamides is 1. The molecule has 1 aliphatic heterocycles. The van der Waals surface area contributed by atoms with Gasteiger partial charge < -0.3 is 25.6 Å². The molecule has 3 N–H and O–H groups in total. The molecule has 224 valence electrons. The van der Waals surface area contributed by atoms with E-state index in [-0.39, 0.29) is 18.0 Å². The van der Waals surface area contributed by atoms with E-state index in [2.05, 4.69) is 53.8 Å². The number of fused-ring (bicyclic) bond motifs is 1. The fraction of sp³-hybridized carbons (Fsp3) is 0.414. The minimum Gasteiger partial charge on any atom is -0.495 e. The Bertz CT molecular complexity index is 1560. The number of nitrogens with one attached hydrogen (secondary N) is 3. The number of likely N-dealkylation sites (N-methyl/N-ethyl adjacent to an activating group) is 1. The standard InChI is InChI=1S/C29H36BrN7O4S/c1-36-13-11-20(12-14-36)32-28(38)19-9-10-23(25(16-19)41-3)34-29-31-17-22(30)27(35-29)33-24-15-18-7-5-6-8-21(18)26(24)37(2)42(4,39)40/h5-10,16-17,20,24,26H,11-15H2,1-4H3,(H,32,38)(H2,31,33,34,35)/t24?,26-/m1/s1. The van der Waals surface area contributed by atoms with Crippen LogP contribution in [0.4, 0.5) is 17.5 Å². The molecule has 11 nitrogen and oxygen atoms in total. The third-order valence-corrected chi connectivity index (χ3v) is 9.79. The molecule has 1 amide bonds. The summed E-state index contributed by atoms with van der Waals surface area (Å²) in [6.07, 6.45) is 5.33. The molecular weight excluding hydrogens is 622 g/mol. The van der Waals surface area contributed by atoms with Gasteiger partial charge in [0.05, 0.1) is 35.6 Å². The number of hydrogen-bond acceptors (Lipinski definition) is 9. The third kappa shape index (κ3) is 6.69. The lowest BCUT2D eigenvalue weighted by molar-refractivity contribution is 0.0916. The number of aromatic nitrogens is 2. The van der Waals surface area contributed by atoms with E-state index in [1.165, 1.54) is 10.6 Å². The quantitative estimate of drug-likeness (QED) is 0.315. The van der Waals surface area contributed by atoms with Crippen molar-refractivity contribution < 1.29 is 17.9 Å². The number of likely N-dealkylation sites (tertiary alicyclic amines) is 1. The van der Waals surface area contributed by atoms with Gasteiger partial charge in [0.15, 0.2) is 0 Å². The predicted molar refractivity (Wildman–Crippen MR) is 167 cm³/mol. The van der Waals surface area contributed by atoms with E-state index in [1.54, 1.807) is 38.6 Å².